The van der Waals surface area contributed by atoms with Crippen molar-refractivity contribution in [1.29, 1.82) is 0 Å². The zero-order valence-electron chi connectivity index (χ0n) is 17.6. The summed E-state index contributed by atoms with van der Waals surface area (Å²) in [5.74, 6) is -2.26. The molecule has 0 aliphatic carbocycles. The standard InChI is InChI=1S/C21H22N2O8S/c1-4-31-18-10-13(8-9-17(18)30-3)16(11-32(27,28)29)23-20(25)14-6-5-7-15(22-12(2)24)19(14)21(23)26/h5-10,16H,4,11H2,1-3H3,(H,22,24)(H,27,28,29)/t16-/m1/s1. The van der Waals surface area contributed by atoms with Gasteiger partial charge < -0.3 is 14.8 Å². The number of hydrogen-bond acceptors (Lipinski definition) is 7. The number of amides is 3. The minimum Gasteiger partial charge on any atom is -0.493 e. The number of fused-ring (bicyclic) bond motifs is 1. The molecular weight excluding hydrogens is 440 g/mol. The highest BCUT2D eigenvalue weighted by Gasteiger charge is 2.43. The average molecular weight is 462 g/mol. The Kier molecular flexibility index (Phi) is 6.51. The second-order valence-electron chi connectivity index (χ2n) is 7.00. The van der Waals surface area contributed by atoms with Crippen LogP contribution in [0.2, 0.25) is 0 Å². The van der Waals surface area contributed by atoms with Crippen LogP contribution in [0.1, 0.15) is 46.2 Å². The number of hydrogen-bond donors (Lipinski definition) is 2. The summed E-state index contributed by atoms with van der Waals surface area (Å²) in [5, 5.41) is 2.50. The van der Waals surface area contributed by atoms with Crippen molar-refractivity contribution in [2.45, 2.75) is 19.9 Å². The minimum absolute atomic E-state index is 0.0140. The molecule has 0 radical (unpaired) electrons. The summed E-state index contributed by atoms with van der Waals surface area (Å²) >= 11 is 0. The number of rotatable bonds is 8. The van der Waals surface area contributed by atoms with Crippen LogP contribution in [-0.2, 0) is 14.9 Å². The third kappa shape index (κ3) is 4.58. The van der Waals surface area contributed by atoms with Gasteiger partial charge in [-0.15, -0.1) is 0 Å². The Morgan fingerprint density at radius 1 is 1.16 bits per heavy atom. The van der Waals surface area contributed by atoms with Gasteiger partial charge in [-0.1, -0.05) is 12.1 Å². The summed E-state index contributed by atoms with van der Waals surface area (Å²) in [5.41, 5.74) is 0.334. The molecule has 0 unspecified atom stereocenters. The van der Waals surface area contributed by atoms with E-state index in [0.717, 1.165) is 4.90 Å². The molecule has 1 aliphatic rings. The lowest BCUT2D eigenvalue weighted by molar-refractivity contribution is -0.114. The molecular formula is C21H22N2O8S. The van der Waals surface area contributed by atoms with E-state index in [1.807, 2.05) is 0 Å². The molecule has 2 N–H and O–H groups in total. The predicted octanol–water partition coefficient (Wildman–Crippen LogP) is 2.28. The molecule has 2 aromatic rings. The average Bonchev–Trinajstić information content (AvgIpc) is 2.96. The van der Waals surface area contributed by atoms with Crippen molar-refractivity contribution in [2.24, 2.45) is 0 Å². The van der Waals surface area contributed by atoms with Crippen molar-refractivity contribution >= 4 is 33.5 Å². The topological polar surface area (TPSA) is 139 Å². The quantitative estimate of drug-likeness (QED) is 0.450. The van der Waals surface area contributed by atoms with Gasteiger partial charge in [0.1, 0.15) is 5.75 Å². The molecule has 3 rings (SSSR count). The highest BCUT2D eigenvalue weighted by molar-refractivity contribution is 7.85. The van der Waals surface area contributed by atoms with Gasteiger partial charge in [0, 0.05) is 6.92 Å². The lowest BCUT2D eigenvalue weighted by atomic mass is 10.1. The van der Waals surface area contributed by atoms with Crippen LogP contribution >= 0.6 is 0 Å². The molecule has 0 bridgehead atoms. The summed E-state index contributed by atoms with van der Waals surface area (Å²) in [7, 11) is -3.17. The highest BCUT2D eigenvalue weighted by Crippen LogP contribution is 2.38. The van der Waals surface area contributed by atoms with Crippen LogP contribution in [0.15, 0.2) is 36.4 Å². The van der Waals surface area contributed by atoms with Crippen LogP contribution < -0.4 is 14.8 Å². The number of nitrogens with zero attached hydrogens (tertiary/aromatic N) is 1. The van der Waals surface area contributed by atoms with Gasteiger partial charge in [-0.3, -0.25) is 23.8 Å². The first kappa shape index (κ1) is 23.2. The summed E-state index contributed by atoms with van der Waals surface area (Å²) < 4.78 is 43.9. The molecule has 1 aliphatic heterocycles. The fourth-order valence-corrected chi connectivity index (χ4v) is 4.31. The monoisotopic (exact) mass is 462 g/mol. The summed E-state index contributed by atoms with van der Waals surface area (Å²) in [6, 6.07) is 7.47. The number of methoxy groups -OCH3 is 1. The van der Waals surface area contributed by atoms with Gasteiger partial charge in [-0.2, -0.15) is 8.42 Å². The Bertz CT molecular complexity index is 1190. The molecule has 170 valence electrons. The van der Waals surface area contributed by atoms with E-state index >= 15 is 0 Å². The third-order valence-corrected chi connectivity index (χ3v) is 5.55. The first-order chi connectivity index (χ1) is 15.1. The summed E-state index contributed by atoms with van der Waals surface area (Å²) in [4.78, 5) is 38.7. The number of benzene rings is 2. The van der Waals surface area contributed by atoms with Gasteiger partial charge in [0.25, 0.3) is 21.9 Å². The van der Waals surface area contributed by atoms with E-state index < -0.39 is 39.6 Å². The molecule has 11 heteroatoms. The maximum absolute atomic E-state index is 13.3. The van der Waals surface area contributed by atoms with Crippen molar-refractivity contribution in [3.63, 3.8) is 0 Å². The van der Waals surface area contributed by atoms with E-state index in [4.69, 9.17) is 9.47 Å². The number of anilines is 1. The van der Waals surface area contributed by atoms with Gasteiger partial charge in [-0.05, 0) is 36.8 Å². The van der Waals surface area contributed by atoms with Crippen LogP contribution in [0.25, 0.3) is 0 Å². The number of nitrogens with one attached hydrogen (secondary N) is 1. The molecule has 0 spiro atoms. The van der Waals surface area contributed by atoms with E-state index in [1.165, 1.54) is 50.4 Å². The van der Waals surface area contributed by atoms with Crippen LogP contribution in [-0.4, -0.2) is 55.1 Å². The first-order valence-corrected chi connectivity index (χ1v) is 11.2. The van der Waals surface area contributed by atoms with Gasteiger partial charge in [0.15, 0.2) is 11.5 Å². The Morgan fingerprint density at radius 3 is 2.47 bits per heavy atom. The number of carbonyl (C=O) groups is 3. The minimum atomic E-state index is -4.60. The maximum atomic E-state index is 13.3. The summed E-state index contributed by atoms with van der Waals surface area (Å²) in [6.07, 6.45) is 0. The largest absolute Gasteiger partial charge is 0.493 e. The Balaban J connectivity index is 2.13. The van der Waals surface area contributed by atoms with Crippen molar-refractivity contribution in [1.82, 2.24) is 4.90 Å². The Labute approximate surface area is 184 Å². The van der Waals surface area contributed by atoms with Crippen LogP contribution in [0.4, 0.5) is 5.69 Å². The molecule has 1 atom stereocenters. The van der Waals surface area contributed by atoms with Crippen molar-refractivity contribution in [3.8, 4) is 11.5 Å². The van der Waals surface area contributed by atoms with Gasteiger partial charge in [0.05, 0.1) is 36.6 Å². The molecule has 0 aromatic heterocycles. The van der Waals surface area contributed by atoms with Crippen molar-refractivity contribution in [2.75, 3.05) is 24.8 Å². The zero-order valence-corrected chi connectivity index (χ0v) is 18.4. The van der Waals surface area contributed by atoms with Gasteiger partial charge in [-0.25, -0.2) is 0 Å². The van der Waals surface area contributed by atoms with E-state index in [0.29, 0.717) is 5.75 Å². The predicted molar refractivity (Wildman–Crippen MR) is 115 cm³/mol. The zero-order chi connectivity index (χ0) is 23.6. The van der Waals surface area contributed by atoms with Gasteiger partial charge >= 0.3 is 0 Å². The molecule has 0 saturated heterocycles. The number of imide groups is 1. The molecule has 3 amide bonds. The van der Waals surface area contributed by atoms with E-state index in [-0.39, 0.29) is 34.7 Å². The van der Waals surface area contributed by atoms with Crippen LogP contribution in [0, 0.1) is 0 Å². The van der Waals surface area contributed by atoms with E-state index in [2.05, 4.69) is 5.32 Å². The van der Waals surface area contributed by atoms with Crippen LogP contribution in [0.5, 0.6) is 11.5 Å². The molecule has 0 saturated carbocycles. The number of carbonyl (C=O) groups excluding carboxylic acids is 3. The lowest BCUT2D eigenvalue weighted by Crippen LogP contribution is -2.38. The Hall–Kier alpha value is -3.44. The van der Waals surface area contributed by atoms with E-state index in [9.17, 15) is 27.4 Å². The third-order valence-electron chi connectivity index (χ3n) is 4.81. The fourth-order valence-electron chi connectivity index (χ4n) is 3.57. The molecule has 1 heterocycles. The van der Waals surface area contributed by atoms with Crippen molar-refractivity contribution in [3.05, 3.63) is 53.1 Å². The highest BCUT2D eigenvalue weighted by atomic mass is 32.2. The normalized spacial score (nSPS) is 14.2. The van der Waals surface area contributed by atoms with Crippen LogP contribution in [0.3, 0.4) is 0 Å². The SMILES string of the molecule is CCOc1cc([C@@H](CS(=O)(=O)O)N2C(=O)c3cccc(NC(C)=O)c3C2=O)ccc1OC. The molecule has 10 nitrogen and oxygen atoms in total. The lowest BCUT2D eigenvalue weighted by Gasteiger charge is -2.26. The smallest absolute Gasteiger partial charge is 0.267 e. The van der Waals surface area contributed by atoms with Gasteiger partial charge in [0.2, 0.25) is 5.91 Å². The maximum Gasteiger partial charge on any atom is 0.267 e. The summed E-state index contributed by atoms with van der Waals surface area (Å²) in [6.45, 7) is 3.29. The van der Waals surface area contributed by atoms with Crippen molar-refractivity contribution < 1.29 is 36.8 Å². The second kappa shape index (κ2) is 8.97. The first-order valence-electron chi connectivity index (χ1n) is 9.61. The van der Waals surface area contributed by atoms with E-state index in [1.54, 1.807) is 6.92 Å². The molecule has 2 aromatic carbocycles. The number of ether oxygens (including phenoxy) is 2. The molecule has 32 heavy (non-hydrogen) atoms. The second-order valence-corrected chi connectivity index (χ2v) is 8.49. The Morgan fingerprint density at radius 2 is 1.88 bits per heavy atom. The fraction of sp³-hybridized carbons (Fsp3) is 0.286. The molecule has 0 fully saturated rings.